The van der Waals surface area contributed by atoms with Crippen molar-refractivity contribution in [2.45, 2.75) is 24.6 Å². The molecule has 0 aliphatic heterocycles. The first kappa shape index (κ1) is 26.8. The van der Waals surface area contributed by atoms with Crippen molar-refractivity contribution in [3.05, 3.63) is 52.5 Å². The van der Waals surface area contributed by atoms with Gasteiger partial charge in [0.15, 0.2) is 5.11 Å². The number of thiol groups is 1. The van der Waals surface area contributed by atoms with Gasteiger partial charge in [-0.3, -0.25) is 20.4 Å². The first-order valence-corrected chi connectivity index (χ1v) is 10.7. The summed E-state index contributed by atoms with van der Waals surface area (Å²) in [6, 6.07) is 9.65. The van der Waals surface area contributed by atoms with Crippen molar-refractivity contribution in [1.29, 1.82) is 0 Å². The predicted octanol–water partition coefficient (Wildman–Crippen LogP) is 4.93. The van der Waals surface area contributed by atoms with E-state index >= 15 is 0 Å². The monoisotopic (exact) mass is 540 g/mol. The van der Waals surface area contributed by atoms with Gasteiger partial charge in [0.05, 0.1) is 21.8 Å². The molecule has 0 aromatic heterocycles. The number of ether oxygens (including phenoxy) is 1. The third-order valence-electron chi connectivity index (χ3n) is 3.69. The fraction of sp³-hybridized carbons (Fsp3) is 0.211. The summed E-state index contributed by atoms with van der Waals surface area (Å²) in [4.78, 5) is 24.0. The quantitative estimate of drug-likeness (QED) is 0.107. The lowest BCUT2D eigenvalue weighted by Crippen LogP contribution is -2.44. The van der Waals surface area contributed by atoms with E-state index in [-0.39, 0.29) is 17.3 Å². The topological polar surface area (TPSA) is 91.5 Å². The largest absolute Gasteiger partial charge is 0.573 e. The Kier molecular flexibility index (Phi) is 9.89. The van der Waals surface area contributed by atoms with Crippen LogP contribution < -0.4 is 26.2 Å². The van der Waals surface area contributed by atoms with Gasteiger partial charge in [-0.25, -0.2) is 0 Å². The lowest BCUT2D eigenvalue weighted by Gasteiger charge is -2.15. The Morgan fingerprint density at radius 1 is 1.03 bits per heavy atom. The van der Waals surface area contributed by atoms with Gasteiger partial charge in [-0.05, 0) is 54.7 Å². The van der Waals surface area contributed by atoms with Crippen LogP contribution in [-0.2, 0) is 9.59 Å². The van der Waals surface area contributed by atoms with Gasteiger partial charge in [0.25, 0.3) is 0 Å². The number of hydrogen-bond acceptors (Lipinski definition) is 6. The number of thiocarbonyl (C=S) groups is 1. The summed E-state index contributed by atoms with van der Waals surface area (Å²) in [5.74, 6) is -1.44. The summed E-state index contributed by atoms with van der Waals surface area (Å²) in [6.07, 6.45) is -5.35. The molecule has 33 heavy (non-hydrogen) atoms. The molecule has 0 spiro atoms. The molecular formula is C19H17Cl2F3N4O3S2. The highest BCUT2D eigenvalue weighted by molar-refractivity contribution is 7.81. The van der Waals surface area contributed by atoms with Crippen molar-refractivity contribution in [2.24, 2.45) is 0 Å². The van der Waals surface area contributed by atoms with E-state index in [0.717, 1.165) is 12.1 Å². The van der Waals surface area contributed by atoms with E-state index < -0.39 is 29.8 Å². The molecule has 0 saturated heterocycles. The summed E-state index contributed by atoms with van der Waals surface area (Å²) in [6.45, 7) is 0. The van der Waals surface area contributed by atoms with Crippen molar-refractivity contribution in [1.82, 2.24) is 10.9 Å². The molecule has 0 heterocycles. The average molecular weight is 541 g/mol. The number of anilines is 2. The molecule has 0 saturated carbocycles. The fourth-order valence-electron chi connectivity index (χ4n) is 2.37. The fourth-order valence-corrected chi connectivity index (χ4v) is 3.19. The Labute approximate surface area is 207 Å². The van der Waals surface area contributed by atoms with Gasteiger partial charge in [0, 0.05) is 17.8 Å². The van der Waals surface area contributed by atoms with E-state index in [1.807, 2.05) is 0 Å². The van der Waals surface area contributed by atoms with Crippen LogP contribution in [0.1, 0.15) is 12.8 Å². The molecule has 2 rings (SSSR count). The van der Waals surface area contributed by atoms with E-state index in [9.17, 15) is 22.8 Å². The number of hydrogen-bond donors (Lipinski definition) is 5. The number of hydrazine groups is 1. The minimum Gasteiger partial charge on any atom is -0.406 e. The van der Waals surface area contributed by atoms with Gasteiger partial charge in [-0.15, -0.1) is 13.2 Å². The molecule has 1 unspecified atom stereocenters. The second-order valence-corrected chi connectivity index (χ2v) is 8.25. The number of halogens is 5. The zero-order valence-corrected chi connectivity index (χ0v) is 19.7. The van der Waals surface area contributed by atoms with Crippen molar-refractivity contribution < 1.29 is 27.5 Å². The molecule has 0 bridgehead atoms. The molecule has 4 N–H and O–H groups in total. The van der Waals surface area contributed by atoms with Crippen LogP contribution in [0, 0.1) is 0 Å². The molecular weight excluding hydrogens is 524 g/mol. The number of Topliss-reactive ketones (excluding diaryl/α,β-unsaturated/α-hetero) is 1. The van der Waals surface area contributed by atoms with Crippen molar-refractivity contribution >= 4 is 76.2 Å². The first-order chi connectivity index (χ1) is 15.4. The normalized spacial score (nSPS) is 11.8. The third-order valence-corrected chi connectivity index (χ3v) is 4.95. The number of amides is 1. The third kappa shape index (κ3) is 10.4. The Morgan fingerprint density at radius 3 is 2.27 bits per heavy atom. The maximum Gasteiger partial charge on any atom is 0.573 e. The Morgan fingerprint density at radius 2 is 1.67 bits per heavy atom. The van der Waals surface area contributed by atoms with E-state index in [2.05, 4.69) is 38.9 Å². The van der Waals surface area contributed by atoms with Crippen LogP contribution in [0.25, 0.3) is 0 Å². The van der Waals surface area contributed by atoms with Crippen molar-refractivity contribution in [3.8, 4) is 5.75 Å². The summed E-state index contributed by atoms with van der Waals surface area (Å²) >= 11 is 21.0. The lowest BCUT2D eigenvalue weighted by molar-refractivity contribution is -0.274. The number of carbonyl (C=O) groups is 2. The number of carbonyl (C=O) groups excluding carboxylic acids is 2. The summed E-state index contributed by atoms with van der Waals surface area (Å²) < 4.78 is 40.3. The SMILES string of the molecule is O=C(CC(=O)NNC(=S)Nc1ccc(Cl)c(Cl)c1)CC(S)Nc1ccc(OC(F)(F)F)cc1. The molecule has 1 atom stereocenters. The number of rotatable bonds is 8. The molecule has 7 nitrogen and oxygen atoms in total. The average Bonchev–Trinajstić information content (AvgIpc) is 2.69. The molecule has 2 aromatic carbocycles. The van der Waals surface area contributed by atoms with Crippen LogP contribution >= 0.6 is 48.0 Å². The molecule has 0 aliphatic rings. The van der Waals surface area contributed by atoms with Gasteiger partial charge >= 0.3 is 6.36 Å². The molecule has 0 radical (unpaired) electrons. The van der Waals surface area contributed by atoms with Crippen molar-refractivity contribution in [2.75, 3.05) is 10.6 Å². The molecule has 178 valence electrons. The highest BCUT2D eigenvalue weighted by Gasteiger charge is 2.31. The standard InChI is InChI=1S/C19H17Cl2F3N4O3S2/c20-14-6-3-11(7-15(14)21)26-18(33)28-27-16(30)8-12(29)9-17(32)25-10-1-4-13(5-2-10)31-19(22,23)24/h1-7,17,25,32H,8-9H2,(H,27,30)(H2,26,28,33). The molecule has 1 amide bonds. The Bertz CT molecular complexity index is 1010. The molecule has 2 aromatic rings. The number of benzene rings is 2. The predicted molar refractivity (Wildman–Crippen MR) is 128 cm³/mol. The minimum atomic E-state index is -4.79. The number of alkyl halides is 3. The highest BCUT2D eigenvalue weighted by Crippen LogP contribution is 2.25. The van der Waals surface area contributed by atoms with Gasteiger partial charge in [0.1, 0.15) is 11.5 Å². The van der Waals surface area contributed by atoms with E-state index in [4.69, 9.17) is 35.4 Å². The molecule has 0 fully saturated rings. The Balaban J connectivity index is 1.71. The van der Waals surface area contributed by atoms with E-state index in [0.29, 0.717) is 21.4 Å². The van der Waals surface area contributed by atoms with Gasteiger partial charge < -0.3 is 15.4 Å². The van der Waals surface area contributed by atoms with E-state index in [1.54, 1.807) is 18.2 Å². The maximum atomic E-state index is 12.2. The van der Waals surface area contributed by atoms with Crippen LogP contribution in [0.4, 0.5) is 24.5 Å². The van der Waals surface area contributed by atoms with Crippen LogP contribution in [0.15, 0.2) is 42.5 Å². The smallest absolute Gasteiger partial charge is 0.406 e. The van der Waals surface area contributed by atoms with Crippen LogP contribution in [-0.4, -0.2) is 28.5 Å². The lowest BCUT2D eigenvalue weighted by atomic mass is 10.2. The maximum absolute atomic E-state index is 12.2. The number of ketones is 1. The minimum absolute atomic E-state index is 0.0564. The number of nitrogens with one attached hydrogen (secondary N) is 4. The van der Waals surface area contributed by atoms with Gasteiger partial charge in [-0.2, -0.15) is 12.6 Å². The van der Waals surface area contributed by atoms with Crippen LogP contribution in [0.3, 0.4) is 0 Å². The summed E-state index contributed by atoms with van der Waals surface area (Å²) in [5, 5.41) is 5.68. The van der Waals surface area contributed by atoms with Crippen LogP contribution in [0.5, 0.6) is 5.75 Å². The highest BCUT2D eigenvalue weighted by atomic mass is 35.5. The summed E-state index contributed by atoms with van der Waals surface area (Å²) in [7, 11) is 0. The van der Waals surface area contributed by atoms with Gasteiger partial charge in [0.2, 0.25) is 5.91 Å². The Hall–Kier alpha value is -2.41. The first-order valence-electron chi connectivity index (χ1n) is 9.04. The van der Waals surface area contributed by atoms with Gasteiger partial charge in [-0.1, -0.05) is 23.2 Å². The molecule has 14 heteroatoms. The molecule has 0 aliphatic carbocycles. The second kappa shape index (κ2) is 12.2. The van der Waals surface area contributed by atoms with E-state index in [1.165, 1.54) is 12.1 Å². The second-order valence-electron chi connectivity index (χ2n) is 6.41. The summed E-state index contributed by atoms with van der Waals surface area (Å²) in [5.41, 5.74) is 5.69. The van der Waals surface area contributed by atoms with Crippen molar-refractivity contribution in [3.63, 3.8) is 0 Å². The van der Waals surface area contributed by atoms with Crippen LogP contribution in [0.2, 0.25) is 10.0 Å². The zero-order chi connectivity index (χ0) is 24.6. The zero-order valence-electron chi connectivity index (χ0n) is 16.5.